The summed E-state index contributed by atoms with van der Waals surface area (Å²) in [5.41, 5.74) is 0.860. The molecule has 1 atom stereocenters. The third-order valence-electron chi connectivity index (χ3n) is 4.44. The molecule has 1 unspecified atom stereocenters. The molecule has 0 radical (unpaired) electrons. The average Bonchev–Trinajstić information content (AvgIpc) is 2.75. The first kappa shape index (κ1) is 20.9. The highest BCUT2D eigenvalue weighted by molar-refractivity contribution is 7.95. The fourth-order valence-corrected chi connectivity index (χ4v) is 4.12. The number of hydrogen-bond donors (Lipinski definition) is 0. The Morgan fingerprint density at radius 3 is 1.90 bits per heavy atom. The van der Waals surface area contributed by atoms with E-state index in [2.05, 4.69) is 6.58 Å². The number of sulfone groups is 1. The Morgan fingerprint density at radius 1 is 0.862 bits per heavy atom. The maximum atomic E-state index is 15.4. The number of benzene rings is 3. The minimum absolute atomic E-state index is 0.103. The van der Waals surface area contributed by atoms with Gasteiger partial charge in [0.2, 0.25) is 9.84 Å². The topological polar surface area (TPSA) is 43.4 Å². The molecular formula is C23H20F2O3S. The maximum Gasteiger partial charge on any atom is 0.313 e. The molecule has 0 aromatic heterocycles. The normalized spacial score (nSPS) is 13.0. The number of ether oxygens (including phenoxy) is 1. The van der Waals surface area contributed by atoms with E-state index in [1.54, 1.807) is 54.6 Å². The van der Waals surface area contributed by atoms with Gasteiger partial charge in [-0.15, -0.1) is 0 Å². The third-order valence-corrected chi connectivity index (χ3v) is 6.25. The molecule has 0 aliphatic carbocycles. The highest BCUT2D eigenvalue weighted by atomic mass is 32.2. The van der Waals surface area contributed by atoms with Crippen molar-refractivity contribution in [3.63, 3.8) is 0 Å². The van der Waals surface area contributed by atoms with Crippen LogP contribution in [0.25, 0.3) is 0 Å². The zero-order valence-corrected chi connectivity index (χ0v) is 16.4. The predicted molar refractivity (Wildman–Crippen MR) is 108 cm³/mol. The van der Waals surface area contributed by atoms with Crippen LogP contribution >= 0.6 is 0 Å². The summed E-state index contributed by atoms with van der Waals surface area (Å²) < 4.78 is 62.0. The second-order valence-corrected chi connectivity index (χ2v) is 8.42. The summed E-state index contributed by atoms with van der Waals surface area (Å²) >= 11 is 0. The lowest BCUT2D eigenvalue weighted by Gasteiger charge is -2.29. The molecule has 3 nitrogen and oxygen atoms in total. The van der Waals surface area contributed by atoms with Crippen LogP contribution in [-0.4, -0.2) is 14.3 Å². The van der Waals surface area contributed by atoms with E-state index in [0.29, 0.717) is 5.56 Å². The van der Waals surface area contributed by atoms with Gasteiger partial charge < -0.3 is 4.74 Å². The Morgan fingerprint density at radius 2 is 1.34 bits per heavy atom. The molecule has 0 N–H and O–H groups in total. The van der Waals surface area contributed by atoms with Gasteiger partial charge in [0.25, 0.3) is 0 Å². The van der Waals surface area contributed by atoms with Gasteiger partial charge in [-0.2, -0.15) is 8.78 Å². The lowest BCUT2D eigenvalue weighted by molar-refractivity contribution is -0.118. The summed E-state index contributed by atoms with van der Waals surface area (Å²) in [4.78, 5) is -1.43. The SMILES string of the molecule is C=C(C(F)(F)C(OCc1ccccc1)c1ccccc1)S(=O)(=O)c1ccccc1. The summed E-state index contributed by atoms with van der Waals surface area (Å²) in [5, 5.41) is 0. The van der Waals surface area contributed by atoms with E-state index >= 15 is 8.78 Å². The number of halogens is 2. The van der Waals surface area contributed by atoms with Crippen molar-refractivity contribution >= 4 is 9.84 Å². The first-order valence-electron chi connectivity index (χ1n) is 8.91. The van der Waals surface area contributed by atoms with Crippen LogP contribution in [0.2, 0.25) is 0 Å². The molecule has 0 aliphatic heterocycles. The smallest absolute Gasteiger partial charge is 0.313 e. The fourth-order valence-electron chi connectivity index (χ4n) is 2.86. The lowest BCUT2D eigenvalue weighted by atomic mass is 10.0. The Balaban J connectivity index is 1.96. The quantitative estimate of drug-likeness (QED) is 0.484. The van der Waals surface area contributed by atoms with Gasteiger partial charge >= 0.3 is 5.92 Å². The number of hydrogen-bond acceptors (Lipinski definition) is 3. The molecule has 0 saturated heterocycles. The van der Waals surface area contributed by atoms with Crippen LogP contribution in [0.1, 0.15) is 17.2 Å². The summed E-state index contributed by atoms with van der Waals surface area (Å²) in [7, 11) is -4.46. The first-order chi connectivity index (χ1) is 13.8. The van der Waals surface area contributed by atoms with Crippen LogP contribution in [0.4, 0.5) is 8.78 Å². The van der Waals surface area contributed by atoms with Crippen molar-refractivity contribution in [1.82, 2.24) is 0 Å². The molecule has 0 saturated carbocycles. The Bertz CT molecular complexity index is 1050. The van der Waals surface area contributed by atoms with Crippen LogP contribution in [0.3, 0.4) is 0 Å². The number of alkyl halides is 2. The van der Waals surface area contributed by atoms with Gasteiger partial charge in [0.1, 0.15) is 4.91 Å². The second-order valence-electron chi connectivity index (χ2n) is 6.45. The summed E-state index contributed by atoms with van der Waals surface area (Å²) in [6.07, 6.45) is -1.81. The van der Waals surface area contributed by atoms with E-state index in [-0.39, 0.29) is 17.1 Å². The average molecular weight is 414 g/mol. The van der Waals surface area contributed by atoms with E-state index in [1.807, 2.05) is 0 Å². The van der Waals surface area contributed by atoms with Crippen molar-refractivity contribution in [3.05, 3.63) is 114 Å². The molecule has 0 heterocycles. The molecule has 3 aromatic rings. The molecule has 0 spiro atoms. The molecule has 0 fully saturated rings. The highest BCUT2D eigenvalue weighted by Gasteiger charge is 2.49. The Hall–Kier alpha value is -2.83. The zero-order valence-electron chi connectivity index (χ0n) is 15.5. The van der Waals surface area contributed by atoms with Crippen LogP contribution in [0, 0.1) is 0 Å². The van der Waals surface area contributed by atoms with E-state index in [0.717, 1.165) is 0 Å². The Kier molecular flexibility index (Phi) is 6.25. The van der Waals surface area contributed by atoms with Gasteiger partial charge in [0.15, 0.2) is 6.10 Å². The summed E-state index contributed by atoms with van der Waals surface area (Å²) in [6.45, 7) is 3.16. The minimum atomic E-state index is -4.46. The molecular weight excluding hydrogens is 394 g/mol. The molecule has 0 amide bonds. The van der Waals surface area contributed by atoms with Crippen molar-refractivity contribution in [2.45, 2.75) is 23.5 Å². The van der Waals surface area contributed by atoms with Gasteiger partial charge in [-0.05, 0) is 23.3 Å². The van der Waals surface area contributed by atoms with E-state index < -0.39 is 26.8 Å². The van der Waals surface area contributed by atoms with Gasteiger partial charge in [0, 0.05) is 0 Å². The van der Waals surface area contributed by atoms with Crippen molar-refractivity contribution < 1.29 is 21.9 Å². The third kappa shape index (κ3) is 4.60. The molecule has 3 aromatic carbocycles. The van der Waals surface area contributed by atoms with Gasteiger partial charge in [0.05, 0.1) is 11.5 Å². The van der Waals surface area contributed by atoms with Crippen LogP contribution < -0.4 is 0 Å². The Labute approximate surface area is 169 Å². The van der Waals surface area contributed by atoms with Crippen molar-refractivity contribution in [2.24, 2.45) is 0 Å². The molecule has 6 heteroatoms. The first-order valence-corrected chi connectivity index (χ1v) is 10.4. The van der Waals surface area contributed by atoms with Crippen molar-refractivity contribution in [2.75, 3.05) is 0 Å². The predicted octanol–water partition coefficient (Wildman–Crippen LogP) is 5.57. The largest absolute Gasteiger partial charge is 0.362 e. The number of rotatable bonds is 8. The molecule has 29 heavy (non-hydrogen) atoms. The van der Waals surface area contributed by atoms with Gasteiger partial charge in [-0.25, -0.2) is 8.42 Å². The standard InChI is InChI=1S/C23H20F2O3S/c1-18(29(26,27)21-15-9-4-10-16-21)23(24,25)22(20-13-7-3-8-14-20)28-17-19-11-5-2-6-12-19/h2-16,22H,1,17H2. The lowest BCUT2D eigenvalue weighted by Crippen LogP contribution is -2.34. The van der Waals surface area contributed by atoms with E-state index in [9.17, 15) is 8.42 Å². The van der Waals surface area contributed by atoms with Crippen molar-refractivity contribution in [3.8, 4) is 0 Å². The second kappa shape index (κ2) is 8.68. The van der Waals surface area contributed by atoms with E-state index in [4.69, 9.17) is 4.74 Å². The molecule has 0 bridgehead atoms. The monoisotopic (exact) mass is 414 g/mol. The van der Waals surface area contributed by atoms with Crippen molar-refractivity contribution in [1.29, 1.82) is 0 Å². The fraction of sp³-hybridized carbons (Fsp3) is 0.130. The minimum Gasteiger partial charge on any atom is -0.362 e. The summed E-state index contributed by atoms with van der Waals surface area (Å²) in [6, 6.07) is 23.7. The molecule has 0 aliphatic rings. The van der Waals surface area contributed by atoms with E-state index in [1.165, 1.54) is 36.4 Å². The van der Waals surface area contributed by atoms with Gasteiger partial charge in [-0.1, -0.05) is 85.4 Å². The zero-order chi connectivity index (χ0) is 20.9. The van der Waals surface area contributed by atoms with Crippen LogP contribution in [0.15, 0.2) is 107 Å². The maximum absolute atomic E-state index is 15.4. The molecule has 3 rings (SSSR count). The van der Waals surface area contributed by atoms with Crippen LogP contribution in [0.5, 0.6) is 0 Å². The van der Waals surface area contributed by atoms with Crippen LogP contribution in [-0.2, 0) is 21.2 Å². The summed E-state index contributed by atoms with van der Waals surface area (Å²) in [5.74, 6) is -3.86. The highest BCUT2D eigenvalue weighted by Crippen LogP contribution is 2.43. The molecule has 150 valence electrons. The van der Waals surface area contributed by atoms with Gasteiger partial charge in [-0.3, -0.25) is 0 Å².